The van der Waals surface area contributed by atoms with Gasteiger partial charge < -0.3 is 15.7 Å². The van der Waals surface area contributed by atoms with Gasteiger partial charge in [-0.2, -0.15) is 0 Å². The van der Waals surface area contributed by atoms with Gasteiger partial charge in [-0.25, -0.2) is 0 Å². The van der Waals surface area contributed by atoms with Crippen molar-refractivity contribution in [2.75, 3.05) is 17.6 Å². The molecule has 1 amide bonds. The number of nitrogens with one attached hydrogen (secondary N) is 2. The lowest BCUT2D eigenvalue weighted by Crippen LogP contribution is -2.34. The Labute approximate surface area is 112 Å². The molecule has 0 bridgehead atoms. The number of aliphatic carboxylic acids is 1. The van der Waals surface area contributed by atoms with Gasteiger partial charge in [-0.15, -0.1) is 10.2 Å². The molecule has 0 aliphatic rings. The van der Waals surface area contributed by atoms with E-state index in [0.717, 1.165) is 11.8 Å². The van der Waals surface area contributed by atoms with E-state index in [4.69, 9.17) is 5.11 Å². The van der Waals surface area contributed by atoms with E-state index in [9.17, 15) is 9.59 Å². The molecule has 0 radical (unpaired) electrons. The first kappa shape index (κ1) is 14.7. The molecular weight excluding hydrogens is 276 g/mol. The summed E-state index contributed by atoms with van der Waals surface area (Å²) in [5, 5.41) is 22.2. The summed E-state index contributed by atoms with van der Waals surface area (Å²) < 4.78 is 0.559. The summed E-state index contributed by atoms with van der Waals surface area (Å²) in [6.45, 7) is 3.88. The third-order valence-corrected chi connectivity index (χ3v) is 3.57. The monoisotopic (exact) mass is 290 g/mol. The molecule has 0 unspecified atom stereocenters. The summed E-state index contributed by atoms with van der Waals surface area (Å²) >= 11 is 2.32. The number of carboxylic acid groups (broad SMARTS) is 1. The number of amides is 1. The lowest BCUT2D eigenvalue weighted by atomic mass is 10.4. The number of carbonyl (C=O) groups is 2. The van der Waals surface area contributed by atoms with Crippen molar-refractivity contribution in [2.24, 2.45) is 0 Å². The van der Waals surface area contributed by atoms with E-state index in [0.29, 0.717) is 9.47 Å². The number of carboxylic acids is 1. The molecule has 1 rings (SSSR count). The molecule has 0 fully saturated rings. The van der Waals surface area contributed by atoms with Crippen LogP contribution < -0.4 is 10.6 Å². The SMILES string of the molecule is CC(C)NC(=O)CNc1nnc(SCC(=O)O)s1. The van der Waals surface area contributed by atoms with Gasteiger partial charge in [0.15, 0.2) is 4.34 Å². The molecule has 0 saturated carbocycles. The largest absolute Gasteiger partial charge is 0.481 e. The first-order chi connectivity index (χ1) is 8.47. The Balaban J connectivity index is 2.35. The van der Waals surface area contributed by atoms with Gasteiger partial charge in [-0.05, 0) is 13.8 Å². The fourth-order valence-electron chi connectivity index (χ4n) is 0.992. The van der Waals surface area contributed by atoms with Crippen LogP contribution in [-0.2, 0) is 9.59 Å². The van der Waals surface area contributed by atoms with E-state index < -0.39 is 5.97 Å². The van der Waals surface area contributed by atoms with E-state index in [2.05, 4.69) is 20.8 Å². The molecule has 1 aromatic rings. The number of rotatable bonds is 7. The van der Waals surface area contributed by atoms with E-state index in [1.54, 1.807) is 0 Å². The second-order valence-corrected chi connectivity index (χ2v) is 5.83. The van der Waals surface area contributed by atoms with Crippen molar-refractivity contribution < 1.29 is 14.7 Å². The van der Waals surface area contributed by atoms with Gasteiger partial charge in [0, 0.05) is 6.04 Å². The molecule has 100 valence electrons. The second-order valence-electron chi connectivity index (χ2n) is 3.63. The van der Waals surface area contributed by atoms with Crippen LogP contribution in [0.1, 0.15) is 13.8 Å². The number of nitrogens with zero attached hydrogens (tertiary/aromatic N) is 2. The number of hydrogen-bond acceptors (Lipinski definition) is 7. The normalized spacial score (nSPS) is 10.4. The Kier molecular flexibility index (Phi) is 5.86. The van der Waals surface area contributed by atoms with Crippen molar-refractivity contribution >= 4 is 40.1 Å². The van der Waals surface area contributed by atoms with Crippen LogP contribution in [0.25, 0.3) is 0 Å². The average Bonchev–Trinajstić information content (AvgIpc) is 2.70. The Morgan fingerprint density at radius 1 is 1.44 bits per heavy atom. The summed E-state index contributed by atoms with van der Waals surface area (Å²) in [7, 11) is 0. The van der Waals surface area contributed by atoms with E-state index in [-0.39, 0.29) is 24.2 Å². The summed E-state index contributed by atoms with van der Waals surface area (Å²) in [5.41, 5.74) is 0. The maximum atomic E-state index is 11.3. The molecule has 7 nitrogen and oxygen atoms in total. The Morgan fingerprint density at radius 2 is 2.17 bits per heavy atom. The number of aromatic nitrogens is 2. The van der Waals surface area contributed by atoms with E-state index >= 15 is 0 Å². The molecule has 0 aliphatic carbocycles. The summed E-state index contributed by atoms with van der Waals surface area (Å²) in [5.74, 6) is -1.08. The van der Waals surface area contributed by atoms with Crippen molar-refractivity contribution in [1.82, 2.24) is 15.5 Å². The smallest absolute Gasteiger partial charge is 0.313 e. The van der Waals surface area contributed by atoms with Crippen LogP contribution in [0.15, 0.2) is 4.34 Å². The van der Waals surface area contributed by atoms with Crippen LogP contribution in [0, 0.1) is 0 Å². The molecule has 0 aromatic carbocycles. The van der Waals surface area contributed by atoms with Gasteiger partial charge in [0.2, 0.25) is 11.0 Å². The molecule has 0 aliphatic heterocycles. The molecule has 3 N–H and O–H groups in total. The summed E-state index contributed by atoms with van der Waals surface area (Å²) in [4.78, 5) is 21.7. The van der Waals surface area contributed by atoms with Gasteiger partial charge in [0.1, 0.15) is 0 Å². The highest BCUT2D eigenvalue weighted by Gasteiger charge is 2.08. The second kappa shape index (κ2) is 7.17. The minimum atomic E-state index is -0.902. The van der Waals surface area contributed by atoms with Gasteiger partial charge in [0.05, 0.1) is 12.3 Å². The minimum absolute atomic E-state index is 0.0531. The van der Waals surface area contributed by atoms with Crippen LogP contribution in [0.4, 0.5) is 5.13 Å². The molecule has 0 atom stereocenters. The molecule has 1 heterocycles. The number of anilines is 1. The fraction of sp³-hybridized carbons (Fsp3) is 0.556. The molecule has 0 saturated heterocycles. The number of thioether (sulfide) groups is 1. The molecule has 9 heteroatoms. The van der Waals surface area contributed by atoms with Crippen LogP contribution in [0.3, 0.4) is 0 Å². The summed E-state index contributed by atoms with van der Waals surface area (Å²) in [6, 6.07) is 0.0930. The molecular formula is C9H14N4O3S2. The maximum Gasteiger partial charge on any atom is 0.313 e. The maximum absolute atomic E-state index is 11.3. The van der Waals surface area contributed by atoms with Crippen molar-refractivity contribution in [1.29, 1.82) is 0 Å². The van der Waals surface area contributed by atoms with E-state index in [1.807, 2.05) is 13.8 Å². The molecule has 18 heavy (non-hydrogen) atoms. The minimum Gasteiger partial charge on any atom is -0.481 e. The Hall–Kier alpha value is -1.35. The lowest BCUT2D eigenvalue weighted by molar-refractivity contribution is -0.133. The third kappa shape index (κ3) is 5.82. The van der Waals surface area contributed by atoms with Crippen LogP contribution in [0.5, 0.6) is 0 Å². The van der Waals surface area contributed by atoms with Gasteiger partial charge in [-0.1, -0.05) is 23.1 Å². The Bertz CT molecular complexity index is 422. The van der Waals surface area contributed by atoms with Crippen LogP contribution in [-0.4, -0.2) is 45.5 Å². The highest BCUT2D eigenvalue weighted by Crippen LogP contribution is 2.24. The zero-order valence-electron chi connectivity index (χ0n) is 9.97. The van der Waals surface area contributed by atoms with Gasteiger partial charge in [0.25, 0.3) is 0 Å². The third-order valence-electron chi connectivity index (χ3n) is 1.58. The number of carbonyl (C=O) groups excluding carboxylic acids is 1. The highest BCUT2D eigenvalue weighted by molar-refractivity contribution is 8.01. The first-order valence-corrected chi connectivity index (χ1v) is 6.99. The highest BCUT2D eigenvalue weighted by atomic mass is 32.2. The zero-order chi connectivity index (χ0) is 13.5. The predicted molar refractivity (Wildman–Crippen MR) is 70.0 cm³/mol. The standard InChI is InChI=1S/C9H14N4O3S2/c1-5(2)11-6(14)3-10-8-12-13-9(18-8)17-4-7(15)16/h5H,3-4H2,1-2H3,(H,10,12)(H,11,14)(H,15,16). The first-order valence-electron chi connectivity index (χ1n) is 5.18. The molecule has 0 spiro atoms. The van der Waals surface area contributed by atoms with Crippen LogP contribution in [0.2, 0.25) is 0 Å². The van der Waals surface area contributed by atoms with Gasteiger partial charge in [-0.3, -0.25) is 9.59 Å². The predicted octanol–water partition coefficient (Wildman–Crippen LogP) is 0.651. The lowest BCUT2D eigenvalue weighted by Gasteiger charge is -2.07. The van der Waals surface area contributed by atoms with Gasteiger partial charge >= 0.3 is 5.97 Å². The fourth-order valence-corrected chi connectivity index (χ4v) is 2.46. The van der Waals surface area contributed by atoms with Crippen LogP contribution >= 0.6 is 23.1 Å². The average molecular weight is 290 g/mol. The van der Waals surface area contributed by atoms with Crippen molar-refractivity contribution in [3.05, 3.63) is 0 Å². The number of hydrogen-bond donors (Lipinski definition) is 3. The quantitative estimate of drug-likeness (QED) is 0.633. The summed E-state index contributed by atoms with van der Waals surface area (Å²) in [6.07, 6.45) is 0. The molecule has 1 aromatic heterocycles. The zero-order valence-corrected chi connectivity index (χ0v) is 11.6. The Morgan fingerprint density at radius 3 is 2.78 bits per heavy atom. The van der Waals surface area contributed by atoms with Crippen molar-refractivity contribution in [3.63, 3.8) is 0 Å². The van der Waals surface area contributed by atoms with Crippen molar-refractivity contribution in [3.8, 4) is 0 Å². The van der Waals surface area contributed by atoms with E-state index in [1.165, 1.54) is 11.3 Å². The topological polar surface area (TPSA) is 104 Å². The van der Waals surface area contributed by atoms with Crippen molar-refractivity contribution in [2.45, 2.75) is 24.2 Å².